The average Bonchev–Trinajstić information content (AvgIpc) is 2.26. The van der Waals surface area contributed by atoms with E-state index in [0.717, 1.165) is 19.3 Å². The highest BCUT2D eigenvalue weighted by molar-refractivity contribution is 9.09. The second-order valence-electron chi connectivity index (χ2n) is 3.10. The van der Waals surface area contributed by atoms with Crippen molar-refractivity contribution in [1.82, 2.24) is 10.6 Å². The van der Waals surface area contributed by atoms with E-state index in [1.54, 1.807) is 0 Å². The van der Waals surface area contributed by atoms with Crippen molar-refractivity contribution < 1.29 is 9.59 Å². The molecule has 2 N–H and O–H groups in total. The van der Waals surface area contributed by atoms with Crippen LogP contribution >= 0.6 is 15.9 Å². The van der Waals surface area contributed by atoms with E-state index in [4.69, 9.17) is 7.85 Å². The number of nitrogens with one attached hydrogen (secondary N) is 2. The van der Waals surface area contributed by atoms with Crippen molar-refractivity contribution in [2.45, 2.75) is 25.6 Å². The minimum absolute atomic E-state index is 0.00596. The molecule has 0 aliphatic rings. The summed E-state index contributed by atoms with van der Waals surface area (Å²) in [5.74, 6) is -0.117. The first kappa shape index (κ1) is 14.5. The zero-order valence-corrected chi connectivity index (χ0v) is 10.3. The van der Waals surface area contributed by atoms with Gasteiger partial charge in [0.15, 0.2) is 0 Å². The summed E-state index contributed by atoms with van der Waals surface area (Å²) in [6, 6.07) is 0. The lowest BCUT2D eigenvalue weighted by molar-refractivity contribution is -0.119. The summed E-state index contributed by atoms with van der Waals surface area (Å²) in [4.78, 5) is 21.5. The van der Waals surface area contributed by atoms with Crippen LogP contribution in [0, 0.1) is 0 Å². The minimum Gasteiger partial charge on any atom is -0.357 e. The van der Waals surface area contributed by atoms with Gasteiger partial charge >= 0.3 is 0 Å². The SMILES string of the molecule is [B]CC(=O)NCCCCCNC(=O)CBr. The topological polar surface area (TPSA) is 58.2 Å². The van der Waals surface area contributed by atoms with E-state index in [1.807, 2.05) is 0 Å². The van der Waals surface area contributed by atoms with E-state index < -0.39 is 0 Å². The van der Waals surface area contributed by atoms with Crippen molar-refractivity contribution in [2.24, 2.45) is 0 Å². The number of amides is 2. The van der Waals surface area contributed by atoms with Crippen LogP contribution in [0.3, 0.4) is 0 Å². The summed E-state index contributed by atoms with van der Waals surface area (Å²) in [5, 5.41) is 5.78. The van der Waals surface area contributed by atoms with E-state index in [-0.39, 0.29) is 18.1 Å². The van der Waals surface area contributed by atoms with Gasteiger partial charge in [-0.1, -0.05) is 15.9 Å². The van der Waals surface area contributed by atoms with Crippen molar-refractivity contribution >= 4 is 35.6 Å². The molecule has 2 amide bonds. The molecule has 0 saturated heterocycles. The minimum atomic E-state index is -0.123. The molecule has 0 heterocycles. The molecule has 6 heteroatoms. The Morgan fingerprint density at radius 2 is 1.53 bits per heavy atom. The Bertz CT molecular complexity index is 183. The van der Waals surface area contributed by atoms with Crippen molar-refractivity contribution in [3.05, 3.63) is 0 Å². The van der Waals surface area contributed by atoms with Gasteiger partial charge < -0.3 is 10.6 Å². The third-order valence-electron chi connectivity index (χ3n) is 1.80. The molecule has 4 nitrogen and oxygen atoms in total. The largest absolute Gasteiger partial charge is 0.357 e. The summed E-state index contributed by atoms with van der Waals surface area (Å²) in [6.07, 6.45) is 2.86. The molecule has 0 aromatic carbocycles. The van der Waals surface area contributed by atoms with Crippen LogP contribution in [0.5, 0.6) is 0 Å². The van der Waals surface area contributed by atoms with Gasteiger partial charge in [-0.15, -0.1) is 0 Å². The van der Waals surface area contributed by atoms with Gasteiger partial charge in [0, 0.05) is 13.1 Å². The molecule has 0 bridgehead atoms. The number of carbonyl (C=O) groups is 2. The molecule has 0 rings (SSSR count). The van der Waals surface area contributed by atoms with Gasteiger partial charge in [0.25, 0.3) is 0 Å². The molecular formula is C9H16BBrN2O2. The van der Waals surface area contributed by atoms with E-state index in [2.05, 4.69) is 26.6 Å². The van der Waals surface area contributed by atoms with Gasteiger partial charge in [0.2, 0.25) is 11.8 Å². The molecule has 0 aliphatic carbocycles. The first-order valence-electron chi connectivity index (χ1n) is 5.00. The maximum absolute atomic E-state index is 10.8. The van der Waals surface area contributed by atoms with E-state index in [0.29, 0.717) is 18.4 Å². The van der Waals surface area contributed by atoms with Gasteiger partial charge in [-0.05, 0) is 25.6 Å². The smallest absolute Gasteiger partial charge is 0.230 e. The Hall–Kier alpha value is -0.515. The summed E-state index contributed by atoms with van der Waals surface area (Å²) < 4.78 is 0. The van der Waals surface area contributed by atoms with Crippen LogP contribution in [-0.2, 0) is 9.59 Å². The van der Waals surface area contributed by atoms with Crippen LogP contribution in [0.25, 0.3) is 0 Å². The van der Waals surface area contributed by atoms with Gasteiger partial charge in [0.05, 0.1) is 13.2 Å². The fraction of sp³-hybridized carbons (Fsp3) is 0.778. The molecule has 0 spiro atoms. The summed E-state index contributed by atoms with van der Waals surface area (Å²) in [6.45, 7) is 1.34. The Morgan fingerprint density at radius 3 is 2.00 bits per heavy atom. The Morgan fingerprint density at radius 1 is 1.00 bits per heavy atom. The Labute approximate surface area is 100 Å². The lowest BCUT2D eigenvalue weighted by Crippen LogP contribution is -2.26. The molecule has 0 atom stereocenters. The summed E-state index contributed by atoms with van der Waals surface area (Å²) in [7, 11) is 5.12. The van der Waals surface area contributed by atoms with Crippen molar-refractivity contribution in [1.29, 1.82) is 0 Å². The van der Waals surface area contributed by atoms with Crippen LogP contribution in [0.15, 0.2) is 0 Å². The van der Waals surface area contributed by atoms with Crippen LogP contribution in [0.4, 0.5) is 0 Å². The molecule has 0 aromatic heterocycles. The predicted octanol–water partition coefficient (Wildman–Crippen LogP) is 0.371. The zero-order valence-electron chi connectivity index (χ0n) is 8.72. The second-order valence-corrected chi connectivity index (χ2v) is 3.66. The Kier molecular flexibility index (Phi) is 9.67. The van der Waals surface area contributed by atoms with Gasteiger partial charge in [-0.3, -0.25) is 9.59 Å². The van der Waals surface area contributed by atoms with Crippen LogP contribution in [-0.4, -0.2) is 38.1 Å². The number of hydrogen-bond donors (Lipinski definition) is 2. The van der Waals surface area contributed by atoms with Crippen molar-refractivity contribution in [3.8, 4) is 0 Å². The van der Waals surface area contributed by atoms with Crippen molar-refractivity contribution in [3.63, 3.8) is 0 Å². The fourth-order valence-corrected chi connectivity index (χ4v) is 1.20. The fourth-order valence-electron chi connectivity index (χ4n) is 1.00. The normalized spacial score (nSPS) is 9.67. The molecular weight excluding hydrogens is 259 g/mol. The van der Waals surface area contributed by atoms with E-state index in [1.165, 1.54) is 0 Å². The standard InChI is InChI=1S/C9H16BBrN2O2/c10-6-8(14)12-4-2-1-3-5-13-9(15)7-11/h1-7H2,(H,12,14)(H,13,15). The second kappa shape index (κ2) is 10.0. The number of alkyl halides is 1. The van der Waals surface area contributed by atoms with Gasteiger partial charge in [0.1, 0.15) is 0 Å². The average molecular weight is 275 g/mol. The highest BCUT2D eigenvalue weighted by Crippen LogP contribution is 1.92. The number of rotatable bonds is 8. The maximum Gasteiger partial charge on any atom is 0.230 e. The molecule has 2 radical (unpaired) electrons. The molecule has 15 heavy (non-hydrogen) atoms. The molecule has 0 aromatic rings. The maximum atomic E-state index is 10.8. The number of carbonyl (C=O) groups excluding carboxylic acids is 2. The third-order valence-corrected chi connectivity index (χ3v) is 2.31. The number of unbranched alkanes of at least 4 members (excludes halogenated alkanes) is 2. The first-order valence-corrected chi connectivity index (χ1v) is 6.12. The van der Waals surface area contributed by atoms with Gasteiger partial charge in [-0.2, -0.15) is 0 Å². The molecule has 0 unspecified atom stereocenters. The van der Waals surface area contributed by atoms with Crippen LogP contribution < -0.4 is 10.6 Å². The number of hydrogen-bond acceptors (Lipinski definition) is 2. The lowest BCUT2D eigenvalue weighted by Gasteiger charge is -2.04. The zero-order chi connectivity index (χ0) is 11.5. The molecule has 0 fully saturated rings. The predicted molar refractivity (Wildman–Crippen MR) is 64.2 cm³/mol. The molecule has 0 aliphatic heterocycles. The van der Waals surface area contributed by atoms with E-state index >= 15 is 0 Å². The van der Waals surface area contributed by atoms with Gasteiger partial charge in [-0.25, -0.2) is 0 Å². The highest BCUT2D eigenvalue weighted by Gasteiger charge is 1.97. The first-order chi connectivity index (χ1) is 7.20. The lowest BCUT2D eigenvalue weighted by atomic mass is 10.1. The monoisotopic (exact) mass is 274 g/mol. The van der Waals surface area contributed by atoms with Crippen molar-refractivity contribution in [2.75, 3.05) is 18.4 Å². The van der Waals surface area contributed by atoms with Crippen LogP contribution in [0.2, 0.25) is 6.32 Å². The highest BCUT2D eigenvalue weighted by atomic mass is 79.9. The number of halogens is 1. The quantitative estimate of drug-likeness (QED) is 0.382. The summed E-state index contributed by atoms with van der Waals surface area (Å²) in [5.41, 5.74) is 0. The Balaban J connectivity index is 3.11. The van der Waals surface area contributed by atoms with E-state index in [9.17, 15) is 9.59 Å². The molecule has 84 valence electrons. The van der Waals surface area contributed by atoms with Crippen LogP contribution in [0.1, 0.15) is 19.3 Å². The summed E-state index contributed by atoms with van der Waals surface area (Å²) >= 11 is 3.06. The molecule has 0 saturated carbocycles. The third kappa shape index (κ3) is 9.78.